The summed E-state index contributed by atoms with van der Waals surface area (Å²) < 4.78 is 19.4. The largest absolute Gasteiger partial charge is 0.367 e. The van der Waals surface area contributed by atoms with E-state index >= 15 is 0 Å². The van der Waals surface area contributed by atoms with E-state index in [1.54, 1.807) is 10.9 Å². The van der Waals surface area contributed by atoms with Crippen molar-refractivity contribution in [3.8, 4) is 11.4 Å². The summed E-state index contributed by atoms with van der Waals surface area (Å²) >= 11 is 0. The van der Waals surface area contributed by atoms with Gasteiger partial charge in [-0.1, -0.05) is 0 Å². The van der Waals surface area contributed by atoms with E-state index in [1.807, 2.05) is 29.9 Å². The molecule has 9 nitrogen and oxygen atoms in total. The molecule has 23 heavy (non-hydrogen) atoms. The summed E-state index contributed by atoms with van der Waals surface area (Å²) in [6.07, 6.45) is 4.42. The molecule has 0 amide bonds. The number of aryl methyl sites for hydroxylation is 1. The Labute approximate surface area is 131 Å². The smallest absolute Gasteiger partial charge is 0.350 e. The molecule has 3 aromatic rings. The Morgan fingerprint density at radius 1 is 1.30 bits per heavy atom. The lowest BCUT2D eigenvalue weighted by Crippen LogP contribution is -2.07. The van der Waals surface area contributed by atoms with E-state index in [0.717, 1.165) is 11.4 Å². The summed E-state index contributed by atoms with van der Waals surface area (Å²) in [6, 6.07) is 3.88. The topological polar surface area (TPSA) is 115 Å². The Kier molecular flexibility index (Phi) is 4.27. The van der Waals surface area contributed by atoms with Crippen molar-refractivity contribution < 1.29 is 19.1 Å². The van der Waals surface area contributed by atoms with Gasteiger partial charge in [-0.05, 0) is 12.1 Å². The molecule has 3 aromatic heterocycles. The van der Waals surface area contributed by atoms with Crippen LogP contribution in [-0.2, 0) is 22.9 Å². The second kappa shape index (κ2) is 6.21. The van der Waals surface area contributed by atoms with Crippen molar-refractivity contribution in [3.05, 3.63) is 31.0 Å². The van der Waals surface area contributed by atoms with Gasteiger partial charge in [0, 0.05) is 19.8 Å². The molecular weight excluding hydrogens is 321 g/mol. The summed E-state index contributed by atoms with van der Waals surface area (Å²) in [5, 5.41) is 0. The molecule has 0 spiro atoms. The minimum atomic E-state index is -4.14. The molecule has 0 unspecified atom stereocenters. The van der Waals surface area contributed by atoms with Gasteiger partial charge in [-0.25, -0.2) is 15.0 Å². The van der Waals surface area contributed by atoms with Crippen molar-refractivity contribution >= 4 is 18.8 Å². The van der Waals surface area contributed by atoms with E-state index in [1.165, 1.54) is 6.33 Å². The van der Waals surface area contributed by atoms with Crippen LogP contribution in [0.2, 0.25) is 0 Å². The van der Waals surface area contributed by atoms with Crippen molar-refractivity contribution in [2.24, 2.45) is 7.05 Å². The van der Waals surface area contributed by atoms with Gasteiger partial charge >= 0.3 is 7.60 Å². The fourth-order valence-electron chi connectivity index (χ4n) is 2.29. The lowest BCUT2D eigenvalue weighted by atomic mass is 10.2. The van der Waals surface area contributed by atoms with Gasteiger partial charge in [0.1, 0.15) is 23.9 Å². The second-order valence-corrected chi connectivity index (χ2v) is 6.63. The zero-order chi connectivity index (χ0) is 16.4. The Bertz CT molecular complexity index is 868. The zero-order valence-electron chi connectivity index (χ0n) is 12.4. The minimum Gasteiger partial charge on any atom is -0.367 e. The number of fused-ring (bicyclic) bond motifs is 1. The van der Waals surface area contributed by atoms with Gasteiger partial charge in [-0.15, -0.1) is 0 Å². The summed E-state index contributed by atoms with van der Waals surface area (Å²) in [5.74, 6) is 0. The number of hydrogen-bond acceptors (Lipinski definition) is 5. The van der Waals surface area contributed by atoms with Crippen LogP contribution in [0.1, 0.15) is 0 Å². The van der Waals surface area contributed by atoms with E-state index in [2.05, 4.69) is 15.0 Å². The highest BCUT2D eigenvalue weighted by Crippen LogP contribution is 2.33. The summed E-state index contributed by atoms with van der Waals surface area (Å²) in [4.78, 5) is 30.4. The van der Waals surface area contributed by atoms with E-state index < -0.39 is 13.9 Å². The van der Waals surface area contributed by atoms with E-state index in [-0.39, 0.29) is 6.61 Å². The number of aromatic nitrogens is 5. The number of hydrogen-bond donors (Lipinski definition) is 2. The summed E-state index contributed by atoms with van der Waals surface area (Å²) in [5.41, 5.74) is 2.98. The fourth-order valence-corrected chi connectivity index (χ4v) is 2.65. The Morgan fingerprint density at radius 2 is 2.13 bits per heavy atom. The molecule has 0 saturated heterocycles. The van der Waals surface area contributed by atoms with Gasteiger partial charge in [-0.3, -0.25) is 4.57 Å². The molecule has 10 heteroatoms. The minimum absolute atomic E-state index is 0.153. The van der Waals surface area contributed by atoms with Crippen LogP contribution in [0.5, 0.6) is 0 Å². The molecule has 0 radical (unpaired) electrons. The van der Waals surface area contributed by atoms with Crippen LogP contribution in [0.15, 0.2) is 31.0 Å². The first-order valence-electron chi connectivity index (χ1n) is 6.85. The van der Waals surface area contributed by atoms with Crippen molar-refractivity contribution in [1.29, 1.82) is 0 Å². The zero-order valence-corrected chi connectivity index (χ0v) is 13.3. The molecule has 0 saturated carbocycles. The van der Waals surface area contributed by atoms with Gasteiger partial charge < -0.3 is 23.7 Å². The molecule has 0 aliphatic rings. The van der Waals surface area contributed by atoms with Crippen LogP contribution in [-0.4, -0.2) is 46.8 Å². The molecule has 122 valence electrons. The van der Waals surface area contributed by atoms with Crippen LogP contribution in [0.4, 0.5) is 0 Å². The lowest BCUT2D eigenvalue weighted by molar-refractivity contribution is 0.149. The maximum Gasteiger partial charge on any atom is 0.350 e. The fraction of sp³-hybridized carbons (Fsp3) is 0.308. The number of rotatable bonds is 6. The number of imidazole rings is 1. The van der Waals surface area contributed by atoms with Gasteiger partial charge in [0.15, 0.2) is 5.65 Å². The first-order chi connectivity index (χ1) is 11.0. The molecule has 0 bridgehead atoms. The van der Waals surface area contributed by atoms with Crippen LogP contribution in [0.25, 0.3) is 22.6 Å². The van der Waals surface area contributed by atoms with Crippen molar-refractivity contribution in [2.45, 2.75) is 6.54 Å². The second-order valence-electron chi connectivity index (χ2n) is 5.04. The highest BCUT2D eigenvalue weighted by Gasteiger charge is 2.15. The maximum atomic E-state index is 10.7. The first-order valence-corrected chi connectivity index (χ1v) is 8.65. The van der Waals surface area contributed by atoms with Gasteiger partial charge in [-0.2, -0.15) is 0 Å². The Balaban J connectivity index is 1.82. The molecule has 0 fully saturated rings. The molecule has 2 N–H and O–H groups in total. The van der Waals surface area contributed by atoms with E-state index in [0.29, 0.717) is 17.7 Å². The SMILES string of the molecule is Cn1cccc1-c1ncnc2c1ncn2CCOCP(=O)(O)O. The summed E-state index contributed by atoms with van der Waals surface area (Å²) in [6.45, 7) is 0.542. The highest BCUT2D eigenvalue weighted by atomic mass is 31.2. The van der Waals surface area contributed by atoms with Gasteiger partial charge in [0.25, 0.3) is 0 Å². The van der Waals surface area contributed by atoms with Gasteiger partial charge in [0.05, 0.1) is 18.6 Å². The summed E-state index contributed by atoms with van der Waals surface area (Å²) in [7, 11) is -2.22. The number of nitrogens with zero attached hydrogens (tertiary/aromatic N) is 5. The van der Waals surface area contributed by atoms with Crippen LogP contribution >= 0.6 is 7.60 Å². The lowest BCUT2D eigenvalue weighted by Gasteiger charge is -2.07. The van der Waals surface area contributed by atoms with Crippen LogP contribution in [0, 0.1) is 0 Å². The average molecular weight is 337 g/mol. The van der Waals surface area contributed by atoms with Crippen molar-refractivity contribution in [3.63, 3.8) is 0 Å². The normalized spacial score (nSPS) is 12.1. The first kappa shape index (κ1) is 15.8. The molecule has 0 aliphatic heterocycles. The van der Waals surface area contributed by atoms with E-state index in [9.17, 15) is 4.57 Å². The maximum absolute atomic E-state index is 10.7. The van der Waals surface area contributed by atoms with Crippen molar-refractivity contribution in [1.82, 2.24) is 24.1 Å². The Hall–Kier alpha value is -2.06. The van der Waals surface area contributed by atoms with Crippen LogP contribution in [0.3, 0.4) is 0 Å². The third-order valence-corrected chi connectivity index (χ3v) is 3.84. The molecule has 0 atom stereocenters. The van der Waals surface area contributed by atoms with Crippen molar-refractivity contribution in [2.75, 3.05) is 13.0 Å². The number of ether oxygens (including phenoxy) is 1. The molecule has 3 rings (SSSR count). The molecule has 0 aliphatic carbocycles. The molecule has 3 heterocycles. The highest BCUT2D eigenvalue weighted by molar-refractivity contribution is 7.51. The predicted octanol–water partition coefficient (Wildman–Crippen LogP) is 0.984. The van der Waals surface area contributed by atoms with Crippen LogP contribution < -0.4 is 0 Å². The quantitative estimate of drug-likeness (QED) is 0.509. The monoisotopic (exact) mass is 337 g/mol. The third kappa shape index (κ3) is 3.48. The van der Waals surface area contributed by atoms with Gasteiger partial charge in [0.2, 0.25) is 0 Å². The van der Waals surface area contributed by atoms with E-state index in [4.69, 9.17) is 14.5 Å². The third-order valence-electron chi connectivity index (χ3n) is 3.32. The molecule has 0 aromatic carbocycles. The Morgan fingerprint density at radius 3 is 2.83 bits per heavy atom. The molecular formula is C13H16N5O4P. The predicted molar refractivity (Wildman–Crippen MR) is 82.6 cm³/mol. The standard InChI is InChI=1S/C13H16N5O4P/c1-17-4-2-3-10(17)11-12-13(15-7-14-11)18(8-16-12)5-6-22-9-23(19,20)21/h2-4,7-8H,5-6,9H2,1H3,(H2,19,20,21). The average Bonchev–Trinajstić information content (AvgIpc) is 3.09.